The molecule has 1 rings (SSSR count). The Morgan fingerprint density at radius 3 is 2.65 bits per heavy atom. The molecule has 2 nitrogen and oxygen atoms in total. The third-order valence-corrected chi connectivity index (χ3v) is 2.63. The second kappa shape index (κ2) is 8.39. The molecule has 1 aromatic rings. The number of nitrogens with zero attached hydrogens (tertiary/aromatic N) is 1. The maximum absolute atomic E-state index is 9.10. The SMILES string of the molecule is C#CCCCCNCC(C#N)c1ccccc1. The Bertz CT molecular complexity index is 384. The van der Waals surface area contributed by atoms with Crippen molar-refractivity contribution in [2.24, 2.45) is 0 Å². The zero-order chi connectivity index (χ0) is 12.3. The summed E-state index contributed by atoms with van der Waals surface area (Å²) >= 11 is 0. The van der Waals surface area contributed by atoms with Gasteiger partial charge in [-0.1, -0.05) is 30.3 Å². The lowest BCUT2D eigenvalue weighted by molar-refractivity contribution is 0.609. The second-order valence-corrected chi connectivity index (χ2v) is 3.96. The highest BCUT2D eigenvalue weighted by atomic mass is 14.9. The van der Waals surface area contributed by atoms with Crippen molar-refractivity contribution < 1.29 is 0 Å². The number of terminal acetylenes is 1. The van der Waals surface area contributed by atoms with Crippen molar-refractivity contribution in [3.63, 3.8) is 0 Å². The maximum atomic E-state index is 9.10. The summed E-state index contributed by atoms with van der Waals surface area (Å²) in [6.07, 6.45) is 8.13. The molecular weight excluding hydrogens is 208 g/mol. The molecule has 1 N–H and O–H groups in total. The Labute approximate surface area is 104 Å². The van der Waals surface area contributed by atoms with Crippen LogP contribution in [0.3, 0.4) is 0 Å². The predicted molar refractivity (Wildman–Crippen MR) is 70.3 cm³/mol. The number of benzene rings is 1. The molecule has 0 fully saturated rings. The van der Waals surface area contributed by atoms with Crippen molar-refractivity contribution in [3.8, 4) is 18.4 Å². The van der Waals surface area contributed by atoms with Gasteiger partial charge in [-0.15, -0.1) is 12.3 Å². The number of rotatable bonds is 7. The molecule has 88 valence electrons. The van der Waals surface area contributed by atoms with E-state index in [1.807, 2.05) is 30.3 Å². The minimum atomic E-state index is -0.0659. The lowest BCUT2D eigenvalue weighted by atomic mass is 10.0. The third-order valence-electron chi connectivity index (χ3n) is 2.63. The van der Waals surface area contributed by atoms with Crippen molar-refractivity contribution in [2.45, 2.75) is 25.2 Å². The molecule has 0 aliphatic rings. The van der Waals surface area contributed by atoms with E-state index < -0.39 is 0 Å². The Morgan fingerprint density at radius 2 is 2.00 bits per heavy atom. The average molecular weight is 226 g/mol. The summed E-state index contributed by atoms with van der Waals surface area (Å²) in [5.41, 5.74) is 1.08. The third kappa shape index (κ3) is 5.20. The molecule has 2 heteroatoms. The van der Waals surface area contributed by atoms with E-state index in [0.29, 0.717) is 6.54 Å². The highest BCUT2D eigenvalue weighted by Gasteiger charge is 2.08. The summed E-state index contributed by atoms with van der Waals surface area (Å²) in [5, 5.41) is 12.4. The molecule has 17 heavy (non-hydrogen) atoms. The predicted octanol–water partition coefficient (Wildman–Crippen LogP) is 2.69. The summed E-state index contributed by atoms with van der Waals surface area (Å²) in [5.74, 6) is 2.56. The van der Waals surface area contributed by atoms with Gasteiger partial charge in [0.25, 0.3) is 0 Å². The van der Waals surface area contributed by atoms with Crippen LogP contribution in [0.5, 0.6) is 0 Å². The fourth-order valence-corrected chi connectivity index (χ4v) is 1.65. The van der Waals surface area contributed by atoms with Crippen LogP contribution in [-0.2, 0) is 0 Å². The van der Waals surface area contributed by atoms with Crippen molar-refractivity contribution in [2.75, 3.05) is 13.1 Å². The van der Waals surface area contributed by atoms with Crippen LogP contribution in [-0.4, -0.2) is 13.1 Å². The largest absolute Gasteiger partial charge is 0.315 e. The van der Waals surface area contributed by atoms with Crippen LogP contribution in [0.4, 0.5) is 0 Å². The molecule has 0 amide bonds. The molecule has 1 atom stereocenters. The minimum Gasteiger partial charge on any atom is -0.315 e. The van der Waals surface area contributed by atoms with Gasteiger partial charge in [-0.05, 0) is 24.9 Å². The van der Waals surface area contributed by atoms with Crippen LogP contribution in [0.15, 0.2) is 30.3 Å². The van der Waals surface area contributed by atoms with Gasteiger partial charge in [-0.2, -0.15) is 5.26 Å². The van der Waals surface area contributed by atoms with Gasteiger partial charge in [0.05, 0.1) is 12.0 Å². The van der Waals surface area contributed by atoms with E-state index in [9.17, 15) is 0 Å². The smallest absolute Gasteiger partial charge is 0.0837 e. The number of unbranched alkanes of at least 4 members (excludes halogenated alkanes) is 2. The number of nitrogens with one attached hydrogen (secondary N) is 1. The first-order chi connectivity index (χ1) is 8.38. The van der Waals surface area contributed by atoms with Gasteiger partial charge in [-0.3, -0.25) is 0 Å². The van der Waals surface area contributed by atoms with Crippen LogP contribution in [0.2, 0.25) is 0 Å². The van der Waals surface area contributed by atoms with Crippen molar-refractivity contribution >= 4 is 0 Å². The van der Waals surface area contributed by atoms with Crippen LogP contribution >= 0.6 is 0 Å². The van der Waals surface area contributed by atoms with Gasteiger partial charge in [0.1, 0.15) is 0 Å². The molecule has 0 bridgehead atoms. The van der Waals surface area contributed by atoms with Gasteiger partial charge in [-0.25, -0.2) is 0 Å². The molecule has 0 radical (unpaired) electrons. The molecule has 0 aliphatic carbocycles. The van der Waals surface area contributed by atoms with E-state index in [4.69, 9.17) is 11.7 Å². The monoisotopic (exact) mass is 226 g/mol. The molecular formula is C15H18N2. The van der Waals surface area contributed by atoms with E-state index in [1.165, 1.54) is 0 Å². The Kier molecular flexibility index (Phi) is 6.56. The topological polar surface area (TPSA) is 35.8 Å². The molecule has 0 heterocycles. The van der Waals surface area contributed by atoms with E-state index in [2.05, 4.69) is 17.3 Å². The van der Waals surface area contributed by atoms with Gasteiger partial charge in [0, 0.05) is 13.0 Å². The fraction of sp³-hybridized carbons (Fsp3) is 0.400. The zero-order valence-corrected chi connectivity index (χ0v) is 10.0. The summed E-state index contributed by atoms with van der Waals surface area (Å²) in [4.78, 5) is 0. The van der Waals surface area contributed by atoms with Gasteiger partial charge < -0.3 is 5.32 Å². The first-order valence-corrected chi connectivity index (χ1v) is 5.97. The number of hydrogen-bond donors (Lipinski definition) is 1. The standard InChI is InChI=1S/C15H18N2/c1-2-3-4-8-11-17-13-15(12-16)14-9-6-5-7-10-14/h1,5-7,9-10,15,17H,3-4,8,11,13H2. The van der Waals surface area contributed by atoms with E-state index in [1.54, 1.807) is 0 Å². The maximum Gasteiger partial charge on any atom is 0.0837 e. The first-order valence-electron chi connectivity index (χ1n) is 5.97. The van der Waals surface area contributed by atoms with Crippen LogP contribution in [0.25, 0.3) is 0 Å². The lowest BCUT2D eigenvalue weighted by Crippen LogP contribution is -2.21. The highest BCUT2D eigenvalue weighted by Crippen LogP contribution is 2.12. The lowest BCUT2D eigenvalue weighted by Gasteiger charge is -2.10. The normalized spacial score (nSPS) is 11.4. The quantitative estimate of drug-likeness (QED) is 0.573. The van der Waals surface area contributed by atoms with E-state index in [-0.39, 0.29) is 5.92 Å². The molecule has 0 aromatic heterocycles. The average Bonchev–Trinajstić information content (AvgIpc) is 2.39. The van der Waals surface area contributed by atoms with Crippen LogP contribution in [0.1, 0.15) is 30.7 Å². The van der Waals surface area contributed by atoms with E-state index in [0.717, 1.165) is 31.4 Å². The molecule has 0 saturated carbocycles. The molecule has 0 aliphatic heterocycles. The first kappa shape index (κ1) is 13.3. The van der Waals surface area contributed by atoms with Crippen LogP contribution in [0, 0.1) is 23.7 Å². The molecule has 1 aromatic carbocycles. The molecule has 0 spiro atoms. The summed E-state index contributed by atoms with van der Waals surface area (Å²) in [7, 11) is 0. The number of nitriles is 1. The fourth-order valence-electron chi connectivity index (χ4n) is 1.65. The molecule has 1 unspecified atom stereocenters. The van der Waals surface area contributed by atoms with Gasteiger partial charge in [0.2, 0.25) is 0 Å². The van der Waals surface area contributed by atoms with Crippen LogP contribution < -0.4 is 5.32 Å². The van der Waals surface area contributed by atoms with Gasteiger partial charge in [0.15, 0.2) is 0 Å². The summed E-state index contributed by atoms with van der Waals surface area (Å²) < 4.78 is 0. The van der Waals surface area contributed by atoms with Crippen molar-refractivity contribution in [1.82, 2.24) is 5.32 Å². The minimum absolute atomic E-state index is 0.0659. The van der Waals surface area contributed by atoms with E-state index >= 15 is 0 Å². The zero-order valence-electron chi connectivity index (χ0n) is 10.0. The Hall–Kier alpha value is -1.77. The van der Waals surface area contributed by atoms with Crippen molar-refractivity contribution in [3.05, 3.63) is 35.9 Å². The summed E-state index contributed by atoms with van der Waals surface area (Å²) in [6.45, 7) is 1.63. The molecule has 0 saturated heterocycles. The second-order valence-electron chi connectivity index (χ2n) is 3.96. The Balaban J connectivity index is 2.26. The Morgan fingerprint density at radius 1 is 1.24 bits per heavy atom. The highest BCUT2D eigenvalue weighted by molar-refractivity contribution is 5.24. The summed E-state index contributed by atoms with van der Waals surface area (Å²) in [6, 6.07) is 12.2. The van der Waals surface area contributed by atoms with Crippen molar-refractivity contribution in [1.29, 1.82) is 5.26 Å². The van der Waals surface area contributed by atoms with Gasteiger partial charge >= 0.3 is 0 Å². The number of hydrogen-bond acceptors (Lipinski definition) is 2.